The highest BCUT2D eigenvalue weighted by Gasteiger charge is 2.32. The maximum absolute atomic E-state index is 10.9. The van der Waals surface area contributed by atoms with Gasteiger partial charge in [0.25, 0.3) is 0 Å². The van der Waals surface area contributed by atoms with Crippen molar-refractivity contribution in [3.8, 4) is 0 Å². The lowest BCUT2D eigenvalue weighted by atomic mass is 9.90. The minimum atomic E-state index is -0.755. The summed E-state index contributed by atoms with van der Waals surface area (Å²) in [6.07, 6.45) is 4.64. The van der Waals surface area contributed by atoms with Crippen molar-refractivity contribution in [3.05, 3.63) is 0 Å². The molecule has 0 aromatic heterocycles. The van der Waals surface area contributed by atoms with Crippen molar-refractivity contribution in [2.45, 2.75) is 57.7 Å². The molecule has 1 aliphatic rings. The minimum Gasteiger partial charge on any atom is -0.480 e. The monoisotopic (exact) mass is 229 g/mol. The first-order chi connectivity index (χ1) is 7.56. The fourth-order valence-corrected chi connectivity index (χ4v) is 2.57. The number of hydrogen-bond donors (Lipinski definition) is 1. The van der Waals surface area contributed by atoms with Crippen LogP contribution in [0.3, 0.4) is 0 Å². The Bertz CT molecular complexity index is 230. The summed E-state index contributed by atoms with van der Waals surface area (Å²) >= 11 is 0. The van der Waals surface area contributed by atoms with Crippen LogP contribution in [0.1, 0.15) is 39.5 Å². The number of carbonyl (C=O) groups is 1. The molecule has 1 saturated carbocycles. The van der Waals surface area contributed by atoms with Gasteiger partial charge in [-0.05, 0) is 26.7 Å². The molecular weight excluding hydrogens is 206 g/mol. The van der Waals surface area contributed by atoms with E-state index in [1.807, 2.05) is 13.8 Å². The maximum Gasteiger partial charge on any atom is 0.317 e. The molecule has 4 heteroatoms. The zero-order valence-electron chi connectivity index (χ0n) is 10.5. The van der Waals surface area contributed by atoms with E-state index in [1.54, 1.807) is 7.11 Å². The van der Waals surface area contributed by atoms with Crippen LogP contribution in [0.15, 0.2) is 0 Å². The lowest BCUT2D eigenvalue weighted by Crippen LogP contribution is -2.51. The molecule has 0 amide bonds. The lowest BCUT2D eigenvalue weighted by molar-refractivity contribution is -0.141. The van der Waals surface area contributed by atoms with Gasteiger partial charge in [0.15, 0.2) is 0 Å². The number of nitrogens with zero attached hydrogens (tertiary/aromatic N) is 1. The first kappa shape index (κ1) is 13.5. The number of hydrogen-bond acceptors (Lipinski definition) is 3. The van der Waals surface area contributed by atoms with Crippen LogP contribution in [0.5, 0.6) is 0 Å². The van der Waals surface area contributed by atoms with Crippen molar-refractivity contribution in [2.24, 2.45) is 0 Å². The van der Waals surface area contributed by atoms with E-state index in [1.165, 1.54) is 12.8 Å². The van der Waals surface area contributed by atoms with Crippen LogP contribution >= 0.6 is 0 Å². The van der Waals surface area contributed by atoms with Crippen LogP contribution in [0.25, 0.3) is 0 Å². The Kier molecular flexibility index (Phi) is 5.22. The van der Waals surface area contributed by atoms with Crippen LogP contribution in [0.2, 0.25) is 0 Å². The average molecular weight is 229 g/mol. The van der Waals surface area contributed by atoms with E-state index in [4.69, 9.17) is 9.84 Å². The highest BCUT2D eigenvalue weighted by atomic mass is 16.5. The van der Waals surface area contributed by atoms with E-state index < -0.39 is 5.97 Å². The quantitative estimate of drug-likeness (QED) is 0.780. The molecular formula is C12H23NO3. The standard InChI is InChI=1S/C12H23NO3/c1-9(2)13(8-12(14)15)10-6-4-5-7-11(10)16-3/h9-11H,4-8H2,1-3H3,(H,14,15). The minimum absolute atomic E-state index is 0.113. The summed E-state index contributed by atoms with van der Waals surface area (Å²) in [5, 5.41) is 8.94. The molecule has 1 N–H and O–H groups in total. The van der Waals surface area contributed by atoms with Crippen molar-refractivity contribution >= 4 is 5.97 Å². The van der Waals surface area contributed by atoms with Gasteiger partial charge in [0.05, 0.1) is 12.6 Å². The van der Waals surface area contributed by atoms with Gasteiger partial charge in [0, 0.05) is 19.2 Å². The van der Waals surface area contributed by atoms with E-state index in [0.29, 0.717) is 0 Å². The first-order valence-electron chi connectivity index (χ1n) is 6.06. The third kappa shape index (κ3) is 3.46. The van der Waals surface area contributed by atoms with Crippen molar-refractivity contribution < 1.29 is 14.6 Å². The van der Waals surface area contributed by atoms with Crippen molar-refractivity contribution in [1.82, 2.24) is 4.90 Å². The molecule has 94 valence electrons. The molecule has 0 radical (unpaired) electrons. The van der Waals surface area contributed by atoms with Gasteiger partial charge in [-0.1, -0.05) is 12.8 Å². The van der Waals surface area contributed by atoms with E-state index in [0.717, 1.165) is 12.8 Å². The highest BCUT2D eigenvalue weighted by Crippen LogP contribution is 2.26. The molecule has 0 aromatic rings. The van der Waals surface area contributed by atoms with Gasteiger partial charge in [0.2, 0.25) is 0 Å². The Morgan fingerprint density at radius 1 is 1.44 bits per heavy atom. The first-order valence-corrected chi connectivity index (χ1v) is 6.06. The van der Waals surface area contributed by atoms with Crippen molar-refractivity contribution in [2.75, 3.05) is 13.7 Å². The van der Waals surface area contributed by atoms with Crippen LogP contribution < -0.4 is 0 Å². The number of aliphatic carboxylic acids is 1. The molecule has 2 unspecified atom stereocenters. The largest absolute Gasteiger partial charge is 0.480 e. The molecule has 0 bridgehead atoms. The molecule has 0 aliphatic heterocycles. The number of carboxylic acids is 1. The third-order valence-corrected chi connectivity index (χ3v) is 3.38. The normalized spacial score (nSPS) is 26.3. The average Bonchev–Trinajstić information content (AvgIpc) is 2.25. The Labute approximate surface area is 97.6 Å². The van der Waals surface area contributed by atoms with Gasteiger partial charge >= 0.3 is 5.97 Å². The van der Waals surface area contributed by atoms with Crippen LogP contribution in [-0.2, 0) is 9.53 Å². The van der Waals surface area contributed by atoms with Gasteiger partial charge < -0.3 is 9.84 Å². The molecule has 0 spiro atoms. The molecule has 4 nitrogen and oxygen atoms in total. The Morgan fingerprint density at radius 3 is 2.56 bits per heavy atom. The second kappa shape index (κ2) is 6.21. The smallest absolute Gasteiger partial charge is 0.317 e. The molecule has 16 heavy (non-hydrogen) atoms. The fraction of sp³-hybridized carbons (Fsp3) is 0.917. The Morgan fingerprint density at radius 2 is 2.06 bits per heavy atom. The summed E-state index contributed by atoms with van der Waals surface area (Å²) in [4.78, 5) is 12.9. The third-order valence-electron chi connectivity index (χ3n) is 3.38. The van der Waals surface area contributed by atoms with E-state index in [-0.39, 0.29) is 24.7 Å². The zero-order valence-corrected chi connectivity index (χ0v) is 10.5. The fourth-order valence-electron chi connectivity index (χ4n) is 2.57. The molecule has 0 heterocycles. The maximum atomic E-state index is 10.9. The summed E-state index contributed by atoms with van der Waals surface area (Å²) in [6.45, 7) is 4.21. The zero-order chi connectivity index (χ0) is 12.1. The van der Waals surface area contributed by atoms with Gasteiger partial charge in [-0.15, -0.1) is 0 Å². The predicted molar refractivity (Wildman–Crippen MR) is 62.5 cm³/mol. The second-order valence-corrected chi connectivity index (χ2v) is 4.79. The van der Waals surface area contributed by atoms with Gasteiger partial charge in [-0.25, -0.2) is 0 Å². The van der Waals surface area contributed by atoms with Gasteiger partial charge in [0.1, 0.15) is 0 Å². The molecule has 2 atom stereocenters. The van der Waals surface area contributed by atoms with E-state index >= 15 is 0 Å². The molecule has 0 saturated heterocycles. The van der Waals surface area contributed by atoms with E-state index in [9.17, 15) is 4.79 Å². The Balaban J connectivity index is 2.70. The van der Waals surface area contributed by atoms with E-state index in [2.05, 4.69) is 4.90 Å². The second-order valence-electron chi connectivity index (χ2n) is 4.79. The number of carboxylic acid groups (broad SMARTS) is 1. The summed E-state index contributed by atoms with van der Waals surface area (Å²) in [5.74, 6) is -0.755. The summed E-state index contributed by atoms with van der Waals surface area (Å²) < 4.78 is 5.48. The van der Waals surface area contributed by atoms with Crippen molar-refractivity contribution in [1.29, 1.82) is 0 Å². The number of ether oxygens (including phenoxy) is 1. The molecule has 1 rings (SSSR count). The predicted octanol–water partition coefficient (Wildman–Crippen LogP) is 1.74. The van der Waals surface area contributed by atoms with Gasteiger partial charge in [-0.3, -0.25) is 9.69 Å². The molecule has 1 fully saturated rings. The lowest BCUT2D eigenvalue weighted by Gasteiger charge is -2.40. The summed E-state index contributed by atoms with van der Waals surface area (Å²) in [6, 6.07) is 0.506. The SMILES string of the molecule is COC1CCCCC1N(CC(=O)O)C(C)C. The van der Waals surface area contributed by atoms with Crippen LogP contribution in [0, 0.1) is 0 Å². The Hall–Kier alpha value is -0.610. The van der Waals surface area contributed by atoms with Crippen LogP contribution in [-0.4, -0.2) is 47.8 Å². The van der Waals surface area contributed by atoms with Gasteiger partial charge in [-0.2, -0.15) is 0 Å². The number of methoxy groups -OCH3 is 1. The summed E-state index contributed by atoms with van der Waals surface area (Å²) in [5.41, 5.74) is 0. The van der Waals surface area contributed by atoms with Crippen LogP contribution in [0.4, 0.5) is 0 Å². The topological polar surface area (TPSA) is 49.8 Å². The molecule has 0 aromatic carbocycles. The number of rotatable bonds is 5. The highest BCUT2D eigenvalue weighted by molar-refractivity contribution is 5.69. The molecule has 1 aliphatic carbocycles. The summed E-state index contributed by atoms with van der Waals surface area (Å²) in [7, 11) is 1.72. The van der Waals surface area contributed by atoms with Crippen molar-refractivity contribution in [3.63, 3.8) is 0 Å².